The van der Waals surface area contributed by atoms with E-state index in [4.69, 9.17) is 9.47 Å². The lowest BCUT2D eigenvalue weighted by Crippen LogP contribution is -2.28. The highest BCUT2D eigenvalue weighted by atomic mass is 32.2. The van der Waals surface area contributed by atoms with Gasteiger partial charge in [-0.15, -0.1) is 0 Å². The number of sulfonamides is 1. The zero-order valence-corrected chi connectivity index (χ0v) is 12.7. The summed E-state index contributed by atoms with van der Waals surface area (Å²) >= 11 is 0. The molecule has 0 saturated heterocycles. The fourth-order valence-electron chi connectivity index (χ4n) is 1.75. The van der Waals surface area contributed by atoms with Crippen molar-refractivity contribution in [2.45, 2.75) is 19.9 Å². The van der Waals surface area contributed by atoms with Gasteiger partial charge in [0, 0.05) is 13.6 Å². The number of rotatable bonds is 7. The van der Waals surface area contributed by atoms with E-state index in [1.165, 1.54) is 4.31 Å². The molecular weight excluding hydrogens is 266 g/mol. The van der Waals surface area contributed by atoms with Crippen molar-refractivity contribution in [3.63, 3.8) is 0 Å². The number of hydrogen-bond acceptors (Lipinski definition) is 4. The third-order valence-corrected chi connectivity index (χ3v) is 4.79. The van der Waals surface area contributed by atoms with Crippen molar-refractivity contribution >= 4 is 10.0 Å². The van der Waals surface area contributed by atoms with Crippen LogP contribution in [0.5, 0.6) is 11.5 Å². The Morgan fingerprint density at radius 1 is 1.16 bits per heavy atom. The summed E-state index contributed by atoms with van der Waals surface area (Å²) in [6, 6.07) is 5.39. The molecule has 0 aliphatic heterocycles. The lowest BCUT2D eigenvalue weighted by molar-refractivity contribution is 0.354. The van der Waals surface area contributed by atoms with Crippen LogP contribution in [-0.2, 0) is 16.6 Å². The quantitative estimate of drug-likeness (QED) is 0.768. The van der Waals surface area contributed by atoms with Crippen LogP contribution in [-0.4, -0.2) is 39.7 Å². The highest BCUT2D eigenvalue weighted by Gasteiger charge is 2.17. The fourth-order valence-corrected chi connectivity index (χ4v) is 2.92. The van der Waals surface area contributed by atoms with Crippen LogP contribution in [0.2, 0.25) is 0 Å². The van der Waals surface area contributed by atoms with E-state index in [1.807, 2.05) is 13.0 Å². The van der Waals surface area contributed by atoms with E-state index in [0.717, 1.165) is 5.56 Å². The van der Waals surface area contributed by atoms with Crippen molar-refractivity contribution in [3.8, 4) is 11.5 Å². The van der Waals surface area contributed by atoms with Crippen molar-refractivity contribution < 1.29 is 17.9 Å². The Labute approximate surface area is 115 Å². The Balaban J connectivity index is 2.88. The Morgan fingerprint density at radius 3 is 2.32 bits per heavy atom. The minimum atomic E-state index is -3.18. The molecule has 0 radical (unpaired) electrons. The number of ether oxygens (including phenoxy) is 2. The molecule has 1 rings (SSSR count). The standard InChI is InChI=1S/C13H21NO4S/c1-5-8-19(15,16)14(2)10-11-6-7-12(17-3)13(9-11)18-4/h6-7,9H,5,8,10H2,1-4H3. The molecule has 1 aromatic carbocycles. The molecule has 0 fully saturated rings. The van der Waals surface area contributed by atoms with Gasteiger partial charge in [0.05, 0.1) is 20.0 Å². The molecule has 1 aromatic rings. The summed E-state index contributed by atoms with van der Waals surface area (Å²) in [7, 11) is 1.52. The minimum Gasteiger partial charge on any atom is -0.493 e. The molecule has 5 nitrogen and oxygen atoms in total. The van der Waals surface area contributed by atoms with Gasteiger partial charge >= 0.3 is 0 Å². The molecule has 0 unspecified atom stereocenters. The molecule has 108 valence electrons. The summed E-state index contributed by atoms with van der Waals surface area (Å²) in [5, 5.41) is 0. The number of hydrogen-bond donors (Lipinski definition) is 0. The second kappa shape index (κ2) is 6.77. The van der Waals surface area contributed by atoms with Crippen LogP contribution in [0.3, 0.4) is 0 Å². The van der Waals surface area contributed by atoms with Crippen molar-refractivity contribution in [3.05, 3.63) is 23.8 Å². The maximum absolute atomic E-state index is 11.9. The molecule has 6 heteroatoms. The predicted molar refractivity (Wildman–Crippen MR) is 75.1 cm³/mol. The zero-order chi connectivity index (χ0) is 14.5. The summed E-state index contributed by atoms with van der Waals surface area (Å²) in [6.45, 7) is 2.17. The van der Waals surface area contributed by atoms with Gasteiger partial charge in [0.25, 0.3) is 0 Å². The number of benzene rings is 1. The van der Waals surface area contributed by atoms with Crippen LogP contribution in [0.1, 0.15) is 18.9 Å². The first-order chi connectivity index (χ1) is 8.94. The van der Waals surface area contributed by atoms with Gasteiger partial charge in [-0.05, 0) is 24.1 Å². The molecule has 0 bridgehead atoms. The topological polar surface area (TPSA) is 55.8 Å². The van der Waals surface area contributed by atoms with Gasteiger partial charge in [0.15, 0.2) is 11.5 Å². The molecule has 19 heavy (non-hydrogen) atoms. The normalized spacial score (nSPS) is 11.6. The summed E-state index contributed by atoms with van der Waals surface area (Å²) in [6.07, 6.45) is 0.610. The van der Waals surface area contributed by atoms with Gasteiger partial charge in [-0.25, -0.2) is 12.7 Å². The van der Waals surface area contributed by atoms with Crippen molar-refractivity contribution in [2.24, 2.45) is 0 Å². The molecule has 0 amide bonds. The largest absolute Gasteiger partial charge is 0.493 e. The van der Waals surface area contributed by atoms with Crippen LogP contribution in [0.15, 0.2) is 18.2 Å². The van der Waals surface area contributed by atoms with Crippen molar-refractivity contribution in [2.75, 3.05) is 27.0 Å². The van der Waals surface area contributed by atoms with Crippen molar-refractivity contribution in [1.29, 1.82) is 0 Å². The summed E-state index contributed by atoms with van der Waals surface area (Å²) in [5.41, 5.74) is 0.861. The van der Waals surface area contributed by atoms with Gasteiger partial charge in [0.2, 0.25) is 10.0 Å². The third kappa shape index (κ3) is 4.11. The molecular formula is C13H21NO4S. The highest BCUT2D eigenvalue weighted by molar-refractivity contribution is 7.89. The molecule has 0 heterocycles. The molecule has 0 N–H and O–H groups in total. The average molecular weight is 287 g/mol. The summed E-state index contributed by atoms with van der Waals surface area (Å²) in [4.78, 5) is 0. The van der Waals surface area contributed by atoms with E-state index >= 15 is 0 Å². The molecule has 0 spiro atoms. The molecule has 0 aliphatic carbocycles. The number of methoxy groups -OCH3 is 2. The smallest absolute Gasteiger partial charge is 0.214 e. The fraction of sp³-hybridized carbons (Fsp3) is 0.538. The van der Waals surface area contributed by atoms with Gasteiger partial charge < -0.3 is 9.47 Å². The lowest BCUT2D eigenvalue weighted by atomic mass is 10.2. The van der Waals surface area contributed by atoms with Crippen LogP contribution in [0, 0.1) is 0 Å². The maximum Gasteiger partial charge on any atom is 0.214 e. The third-order valence-electron chi connectivity index (χ3n) is 2.79. The molecule has 0 aliphatic rings. The zero-order valence-electron chi connectivity index (χ0n) is 11.8. The predicted octanol–water partition coefficient (Wildman–Crippen LogP) is 1.88. The average Bonchev–Trinajstić information content (AvgIpc) is 2.38. The van der Waals surface area contributed by atoms with E-state index in [-0.39, 0.29) is 5.75 Å². The summed E-state index contributed by atoms with van der Waals surface area (Å²) in [5.74, 6) is 1.39. The highest BCUT2D eigenvalue weighted by Crippen LogP contribution is 2.28. The SMILES string of the molecule is CCCS(=O)(=O)N(C)Cc1ccc(OC)c(OC)c1. The van der Waals surface area contributed by atoms with E-state index in [0.29, 0.717) is 24.5 Å². The van der Waals surface area contributed by atoms with Crippen molar-refractivity contribution in [1.82, 2.24) is 4.31 Å². The Kier molecular flexibility index (Phi) is 5.62. The summed E-state index contributed by atoms with van der Waals surface area (Å²) < 4.78 is 35.5. The van der Waals surface area contributed by atoms with Crippen LogP contribution < -0.4 is 9.47 Å². The van der Waals surface area contributed by atoms with E-state index in [1.54, 1.807) is 33.4 Å². The first kappa shape index (κ1) is 15.8. The van der Waals surface area contributed by atoms with Gasteiger partial charge in [-0.2, -0.15) is 0 Å². The Bertz CT molecular complexity index is 513. The molecule has 0 atom stereocenters. The first-order valence-electron chi connectivity index (χ1n) is 6.09. The van der Waals surface area contributed by atoms with Gasteiger partial charge in [-0.3, -0.25) is 0 Å². The van der Waals surface area contributed by atoms with E-state index in [9.17, 15) is 8.42 Å². The first-order valence-corrected chi connectivity index (χ1v) is 7.70. The molecule has 0 saturated carbocycles. The van der Waals surface area contributed by atoms with Crippen LogP contribution in [0.4, 0.5) is 0 Å². The lowest BCUT2D eigenvalue weighted by Gasteiger charge is -2.17. The van der Waals surface area contributed by atoms with Gasteiger partial charge in [-0.1, -0.05) is 13.0 Å². The van der Waals surface area contributed by atoms with Crippen LogP contribution in [0.25, 0.3) is 0 Å². The maximum atomic E-state index is 11.9. The number of nitrogens with zero attached hydrogens (tertiary/aromatic N) is 1. The minimum absolute atomic E-state index is 0.163. The Morgan fingerprint density at radius 2 is 1.79 bits per heavy atom. The van der Waals surface area contributed by atoms with Crippen LogP contribution >= 0.6 is 0 Å². The van der Waals surface area contributed by atoms with Gasteiger partial charge in [0.1, 0.15) is 0 Å². The molecule has 0 aromatic heterocycles. The Hall–Kier alpha value is -1.27. The second-order valence-corrected chi connectivity index (χ2v) is 6.46. The van der Waals surface area contributed by atoms with E-state index < -0.39 is 10.0 Å². The second-order valence-electron chi connectivity index (χ2n) is 4.26. The monoisotopic (exact) mass is 287 g/mol. The van der Waals surface area contributed by atoms with E-state index in [2.05, 4.69) is 0 Å².